The van der Waals surface area contributed by atoms with E-state index in [4.69, 9.17) is 13.3 Å². The van der Waals surface area contributed by atoms with Crippen LogP contribution < -0.4 is 0 Å². The zero-order chi connectivity index (χ0) is 29.8. The van der Waals surface area contributed by atoms with Gasteiger partial charge in [-0.25, -0.2) is 0 Å². The summed E-state index contributed by atoms with van der Waals surface area (Å²) in [6.45, 7) is 38.1. The maximum absolute atomic E-state index is 6.57. The summed E-state index contributed by atoms with van der Waals surface area (Å²) in [7, 11) is -3.63. The Bertz CT molecular complexity index is 927. The van der Waals surface area contributed by atoms with Gasteiger partial charge in [-0.05, 0) is 0 Å². The van der Waals surface area contributed by atoms with Crippen molar-refractivity contribution in [2.24, 2.45) is 0 Å². The van der Waals surface area contributed by atoms with Crippen molar-refractivity contribution in [3.05, 3.63) is 57.5 Å². The van der Waals surface area contributed by atoms with Gasteiger partial charge in [0.15, 0.2) is 0 Å². The SMILES string of the molecule is C=CC[Si](C)(C)C1=C([Si](C)(C)CC=C)C(C)([Si](OC)(OC)OC)[C]([Pt]([CH2]C)([CH2]C)[CH2]C)=C1[Si](C)(C)CC=C. The Kier molecular flexibility index (Phi) is 12.8. The molecule has 0 amide bonds. The van der Waals surface area contributed by atoms with Crippen molar-refractivity contribution in [3.8, 4) is 0 Å². The van der Waals surface area contributed by atoms with Crippen LogP contribution in [-0.2, 0) is 29.3 Å². The van der Waals surface area contributed by atoms with Gasteiger partial charge in [-0.3, -0.25) is 0 Å². The summed E-state index contributed by atoms with van der Waals surface area (Å²) in [6, 6.07) is 3.19. The molecule has 0 spiro atoms. The van der Waals surface area contributed by atoms with Crippen LogP contribution in [0, 0.1) is 0 Å². The van der Waals surface area contributed by atoms with Crippen molar-refractivity contribution < 1.29 is 29.3 Å². The molecule has 1 aliphatic rings. The number of hydrogen-bond donors (Lipinski definition) is 0. The molecule has 0 aromatic carbocycles. The van der Waals surface area contributed by atoms with Gasteiger partial charge in [0.25, 0.3) is 0 Å². The van der Waals surface area contributed by atoms with E-state index in [9.17, 15) is 0 Å². The van der Waals surface area contributed by atoms with Gasteiger partial charge in [0.05, 0.1) is 0 Å². The Balaban J connectivity index is 4.87. The van der Waals surface area contributed by atoms with E-state index in [2.05, 4.69) is 105 Å². The summed E-state index contributed by atoms with van der Waals surface area (Å²) in [5.41, 5.74) is 0. The average molecular weight is 776 g/mol. The van der Waals surface area contributed by atoms with Gasteiger partial charge in [0, 0.05) is 0 Å². The number of allylic oxidation sites excluding steroid dienone is 7. The Labute approximate surface area is 244 Å². The van der Waals surface area contributed by atoms with E-state index in [-0.39, 0.29) is 5.04 Å². The molecule has 8 heteroatoms. The van der Waals surface area contributed by atoms with Crippen LogP contribution in [0.4, 0.5) is 0 Å². The van der Waals surface area contributed by atoms with Gasteiger partial charge in [-0.1, -0.05) is 0 Å². The van der Waals surface area contributed by atoms with E-state index in [1.807, 2.05) is 21.3 Å². The second-order valence-electron chi connectivity index (χ2n) is 12.3. The Morgan fingerprint density at radius 3 is 1.32 bits per heavy atom. The molecular formula is C30H60O3PtSi4. The second kappa shape index (κ2) is 13.4. The van der Waals surface area contributed by atoms with Crippen molar-refractivity contribution in [2.75, 3.05) is 21.3 Å². The first-order valence-electron chi connectivity index (χ1n) is 14.0. The topological polar surface area (TPSA) is 27.7 Å². The van der Waals surface area contributed by atoms with Crippen LogP contribution in [0.25, 0.3) is 0 Å². The zero-order valence-corrected chi connectivity index (χ0v) is 33.4. The van der Waals surface area contributed by atoms with E-state index in [0.29, 0.717) is 0 Å². The maximum atomic E-state index is 6.57. The summed E-state index contributed by atoms with van der Waals surface area (Å²) in [5, 5.41) is 4.81. The second-order valence-corrected chi connectivity index (χ2v) is 41.5. The fraction of sp³-hybridized carbons (Fsp3) is 0.667. The predicted octanol–water partition coefficient (Wildman–Crippen LogP) is 9.96. The zero-order valence-electron chi connectivity index (χ0n) is 27.1. The number of rotatable bonds is 17. The predicted molar refractivity (Wildman–Crippen MR) is 178 cm³/mol. The molecule has 224 valence electrons. The van der Waals surface area contributed by atoms with Crippen molar-refractivity contribution in [1.82, 2.24) is 0 Å². The Morgan fingerprint density at radius 2 is 1.00 bits per heavy atom. The molecule has 1 atom stereocenters. The van der Waals surface area contributed by atoms with Crippen molar-refractivity contribution in [2.45, 2.75) is 105 Å². The van der Waals surface area contributed by atoms with Crippen molar-refractivity contribution >= 4 is 33.0 Å². The standard InChI is InChI=1S/C24H45O3Si4.3C2H5.Pt/c1-14-17-28(8,9)21-20-24(4,31(25-5,26-6)27-7)23(30(12,13)19-16-3)22(21)29(10,11)18-15-2;3*1-2;/h14-16H,1-3,17-19H2,4-13H3;3*1H2,2H3;. The van der Waals surface area contributed by atoms with E-state index >= 15 is 0 Å². The van der Waals surface area contributed by atoms with E-state index in [0.717, 1.165) is 18.1 Å². The molecule has 0 heterocycles. The number of hydrogen-bond acceptors (Lipinski definition) is 3. The molecule has 0 aromatic rings. The normalized spacial score (nSPS) is 20.2. The first-order chi connectivity index (χ1) is 17.5. The molecule has 0 fully saturated rings. The molecule has 1 rings (SSSR count). The van der Waals surface area contributed by atoms with Gasteiger partial charge in [-0.2, -0.15) is 0 Å². The summed E-state index contributed by atoms with van der Waals surface area (Å²) in [4.78, 5) is 3.80. The summed E-state index contributed by atoms with van der Waals surface area (Å²) in [5.74, 6) is 0. The van der Waals surface area contributed by atoms with Crippen molar-refractivity contribution in [1.29, 1.82) is 0 Å². The van der Waals surface area contributed by atoms with Crippen LogP contribution in [0.15, 0.2) is 57.5 Å². The first-order valence-corrected chi connectivity index (χ1v) is 31.3. The van der Waals surface area contributed by atoms with Gasteiger partial charge in [0.1, 0.15) is 0 Å². The van der Waals surface area contributed by atoms with E-state index < -0.39 is 49.1 Å². The van der Waals surface area contributed by atoms with Gasteiger partial charge in [0.2, 0.25) is 0 Å². The van der Waals surface area contributed by atoms with E-state index in [1.54, 1.807) is 19.6 Å². The average Bonchev–Trinajstić information content (AvgIpc) is 3.16. The fourth-order valence-electron chi connectivity index (χ4n) is 6.98. The Morgan fingerprint density at radius 1 is 0.658 bits per heavy atom. The summed E-state index contributed by atoms with van der Waals surface area (Å²) < 4.78 is 21.5. The molecule has 0 aromatic heterocycles. The van der Waals surface area contributed by atoms with Crippen LogP contribution >= 0.6 is 0 Å². The third kappa shape index (κ3) is 5.88. The molecule has 3 nitrogen and oxygen atoms in total. The van der Waals surface area contributed by atoms with E-state index in [1.165, 1.54) is 14.4 Å². The van der Waals surface area contributed by atoms with Gasteiger partial charge in [-0.15, -0.1) is 0 Å². The molecule has 0 radical (unpaired) electrons. The van der Waals surface area contributed by atoms with Gasteiger partial charge >= 0.3 is 246 Å². The molecular weight excluding hydrogens is 716 g/mol. The molecule has 1 aliphatic carbocycles. The first kappa shape index (κ1) is 36.2. The quantitative estimate of drug-likeness (QED) is 0.109. The van der Waals surface area contributed by atoms with Crippen LogP contribution in [0.3, 0.4) is 0 Å². The molecule has 0 saturated carbocycles. The summed E-state index contributed by atoms with van der Waals surface area (Å²) in [6.07, 6.45) is 6.52. The van der Waals surface area contributed by atoms with Crippen LogP contribution in [0.5, 0.6) is 0 Å². The monoisotopic (exact) mass is 775 g/mol. The third-order valence-corrected chi connectivity index (χ3v) is 36.9. The van der Waals surface area contributed by atoms with Crippen LogP contribution in [0.2, 0.25) is 76.9 Å². The molecule has 0 saturated heterocycles. The van der Waals surface area contributed by atoms with Crippen LogP contribution in [-0.4, -0.2) is 54.4 Å². The molecule has 1 unspecified atom stereocenters. The molecule has 38 heavy (non-hydrogen) atoms. The van der Waals surface area contributed by atoms with Gasteiger partial charge < -0.3 is 0 Å². The van der Waals surface area contributed by atoms with Crippen molar-refractivity contribution in [3.63, 3.8) is 0 Å². The minimum atomic E-state index is -3.20. The molecule has 0 N–H and O–H groups in total. The van der Waals surface area contributed by atoms with Crippen LogP contribution in [0.1, 0.15) is 27.7 Å². The fourth-order valence-corrected chi connectivity index (χ4v) is 40.4. The minimum absolute atomic E-state index is 0.357. The molecule has 0 bridgehead atoms. The summed E-state index contributed by atoms with van der Waals surface area (Å²) >= 11 is -2.53. The Hall–Kier alpha value is 0.136. The third-order valence-electron chi connectivity index (χ3n) is 8.64. The molecule has 0 aliphatic heterocycles.